The molecule has 1 amide bonds. The number of hydrogen-bond donors (Lipinski definition) is 1. The fraction of sp³-hybridized carbons (Fsp3) is 0.480. The molecule has 1 aromatic carbocycles. The van der Waals surface area contributed by atoms with Crippen molar-refractivity contribution in [2.45, 2.75) is 50.3 Å². The summed E-state index contributed by atoms with van der Waals surface area (Å²) in [5.74, 6) is -1.94. The van der Waals surface area contributed by atoms with Crippen molar-refractivity contribution in [1.82, 2.24) is 4.98 Å². The zero-order valence-corrected chi connectivity index (χ0v) is 22.6. The quantitative estimate of drug-likeness (QED) is 0.525. The van der Waals surface area contributed by atoms with Crippen LogP contribution in [0, 0.1) is 11.6 Å². The first-order chi connectivity index (χ1) is 18.5. The smallest absolute Gasteiger partial charge is 0.254 e. The molecule has 0 spiro atoms. The monoisotopic (exact) mass is 585 g/mol. The summed E-state index contributed by atoms with van der Waals surface area (Å²) in [5, 5.41) is 10.00. The third-order valence-electron chi connectivity index (χ3n) is 6.34. The average molecular weight is 586 g/mol. The predicted octanol–water partition coefficient (Wildman–Crippen LogP) is 2.91. The number of aromatic nitrogens is 1. The Balaban J connectivity index is 1.20. The number of amides is 1. The molecule has 2 saturated heterocycles. The second-order valence-electron chi connectivity index (χ2n) is 9.74. The van der Waals surface area contributed by atoms with E-state index >= 15 is 0 Å². The van der Waals surface area contributed by atoms with Gasteiger partial charge in [0.1, 0.15) is 41.6 Å². The maximum atomic E-state index is 14.7. The fourth-order valence-electron chi connectivity index (χ4n) is 4.55. The molecule has 1 aromatic heterocycles. The highest BCUT2D eigenvalue weighted by Gasteiger charge is 2.49. The third-order valence-corrected chi connectivity index (χ3v) is 7.25. The van der Waals surface area contributed by atoms with Crippen LogP contribution in [0.15, 0.2) is 27.6 Å². The summed E-state index contributed by atoms with van der Waals surface area (Å²) in [6.45, 7) is -0.0374. The Morgan fingerprint density at radius 3 is 2.64 bits per heavy atom. The first kappa shape index (κ1) is 27.8. The van der Waals surface area contributed by atoms with Gasteiger partial charge in [0, 0.05) is 28.7 Å². The molecule has 0 aliphatic carbocycles. The van der Waals surface area contributed by atoms with Gasteiger partial charge in [-0.2, -0.15) is 4.36 Å². The number of nitrogens with zero attached hydrogens (tertiary/aromatic N) is 3. The molecule has 4 heterocycles. The van der Waals surface area contributed by atoms with E-state index in [4.69, 9.17) is 30.5 Å². The van der Waals surface area contributed by atoms with Crippen LogP contribution in [0.4, 0.5) is 14.5 Å². The number of aryl methyl sites for hydroxylation is 1. The number of hydrogen-bond acceptors (Lipinski definition) is 9. The van der Waals surface area contributed by atoms with Gasteiger partial charge in [0.2, 0.25) is 5.88 Å². The van der Waals surface area contributed by atoms with Gasteiger partial charge in [-0.05, 0) is 30.2 Å². The van der Waals surface area contributed by atoms with Crippen LogP contribution in [0.25, 0.3) is 0 Å². The Morgan fingerprint density at radius 1 is 1.21 bits per heavy atom. The molecule has 0 bridgehead atoms. The van der Waals surface area contributed by atoms with Gasteiger partial charge in [-0.3, -0.25) is 4.79 Å². The molecule has 0 unspecified atom stereocenters. The SMILES string of the molecule is CS(C)(=O)=NC(=O)CCc1cc(F)c(COc2nc3c(cc2Cl)N=C(O[C@@H]2CO[C@H]4[C@@H]2OC[C@H]4O)C3)c(F)c1. The number of carbonyl (C=O) groups excluding carboxylic acids is 1. The molecule has 0 saturated carbocycles. The number of aliphatic hydroxyl groups is 1. The van der Waals surface area contributed by atoms with E-state index < -0.39 is 52.2 Å². The van der Waals surface area contributed by atoms with Crippen molar-refractivity contribution in [3.63, 3.8) is 0 Å². The van der Waals surface area contributed by atoms with Gasteiger partial charge in [-0.25, -0.2) is 23.0 Å². The van der Waals surface area contributed by atoms with Crippen LogP contribution in [0.3, 0.4) is 0 Å². The summed E-state index contributed by atoms with van der Waals surface area (Å²) < 4.78 is 67.2. The van der Waals surface area contributed by atoms with Crippen LogP contribution < -0.4 is 4.74 Å². The van der Waals surface area contributed by atoms with Crippen molar-refractivity contribution in [3.8, 4) is 5.88 Å². The number of ether oxygens (including phenoxy) is 4. The Labute approximate surface area is 228 Å². The first-order valence-corrected chi connectivity index (χ1v) is 14.8. The zero-order valence-electron chi connectivity index (χ0n) is 21.1. The summed E-state index contributed by atoms with van der Waals surface area (Å²) >= 11 is 6.29. The third kappa shape index (κ3) is 6.38. The number of aliphatic imine (C=N–C) groups is 1. The summed E-state index contributed by atoms with van der Waals surface area (Å²) in [6.07, 6.45) is 0.880. The number of rotatable bonds is 7. The highest BCUT2D eigenvalue weighted by molar-refractivity contribution is 7.92. The maximum Gasteiger partial charge on any atom is 0.254 e. The van der Waals surface area contributed by atoms with Crippen molar-refractivity contribution >= 4 is 38.8 Å². The second kappa shape index (κ2) is 11.0. The van der Waals surface area contributed by atoms with E-state index in [0.717, 1.165) is 12.1 Å². The highest BCUT2D eigenvalue weighted by Crippen LogP contribution is 2.36. The topological polar surface area (TPSA) is 129 Å². The van der Waals surface area contributed by atoms with E-state index in [1.54, 1.807) is 0 Å². The highest BCUT2D eigenvalue weighted by atomic mass is 35.5. The molecule has 3 aliphatic heterocycles. The Kier molecular flexibility index (Phi) is 7.89. The van der Waals surface area contributed by atoms with Crippen molar-refractivity contribution in [1.29, 1.82) is 0 Å². The largest absolute Gasteiger partial charge is 0.472 e. The van der Waals surface area contributed by atoms with Crippen molar-refractivity contribution in [2.24, 2.45) is 9.36 Å². The molecule has 1 N–H and O–H groups in total. The predicted molar refractivity (Wildman–Crippen MR) is 137 cm³/mol. The Bertz CT molecular complexity index is 1430. The molecular weight excluding hydrogens is 560 g/mol. The van der Waals surface area contributed by atoms with Crippen LogP contribution >= 0.6 is 11.6 Å². The Morgan fingerprint density at radius 2 is 1.92 bits per heavy atom. The van der Waals surface area contributed by atoms with Crippen LogP contribution in [0.1, 0.15) is 23.2 Å². The lowest BCUT2D eigenvalue weighted by Gasteiger charge is -2.17. The molecule has 3 aliphatic rings. The van der Waals surface area contributed by atoms with Crippen LogP contribution in [-0.4, -0.2) is 76.2 Å². The van der Waals surface area contributed by atoms with E-state index in [0.29, 0.717) is 17.3 Å². The molecule has 39 heavy (non-hydrogen) atoms. The molecule has 2 fully saturated rings. The van der Waals surface area contributed by atoms with Gasteiger partial charge < -0.3 is 24.1 Å². The van der Waals surface area contributed by atoms with Gasteiger partial charge in [0.05, 0.1) is 36.6 Å². The van der Waals surface area contributed by atoms with Gasteiger partial charge in [-0.15, -0.1) is 0 Å². The molecule has 10 nitrogen and oxygen atoms in total. The van der Waals surface area contributed by atoms with Gasteiger partial charge in [0.25, 0.3) is 5.91 Å². The van der Waals surface area contributed by atoms with Crippen LogP contribution in [0.5, 0.6) is 5.88 Å². The van der Waals surface area contributed by atoms with Crippen LogP contribution in [-0.2, 0) is 48.2 Å². The van der Waals surface area contributed by atoms with Crippen LogP contribution in [0.2, 0.25) is 5.02 Å². The fourth-order valence-corrected chi connectivity index (χ4v) is 5.33. The summed E-state index contributed by atoms with van der Waals surface area (Å²) in [5.41, 5.74) is 0.927. The molecule has 5 rings (SSSR count). The van der Waals surface area contributed by atoms with Crippen molar-refractivity contribution < 1.29 is 41.8 Å². The number of benzene rings is 1. The minimum Gasteiger partial charge on any atom is -0.472 e. The number of halogens is 3. The lowest BCUT2D eigenvalue weighted by molar-refractivity contribution is -0.117. The number of carbonyl (C=O) groups is 1. The molecular formula is C25H26ClF2N3O7S. The van der Waals surface area contributed by atoms with E-state index in [1.165, 1.54) is 18.6 Å². The lowest BCUT2D eigenvalue weighted by atomic mass is 10.1. The van der Waals surface area contributed by atoms with E-state index in [1.807, 2.05) is 0 Å². The molecule has 0 radical (unpaired) electrons. The van der Waals surface area contributed by atoms with Crippen molar-refractivity contribution in [3.05, 3.63) is 51.7 Å². The number of fused-ring (bicyclic) bond motifs is 2. The average Bonchev–Trinajstić information content (AvgIpc) is 3.53. The number of pyridine rings is 1. The summed E-state index contributed by atoms with van der Waals surface area (Å²) in [4.78, 5) is 20.6. The first-order valence-electron chi connectivity index (χ1n) is 12.1. The van der Waals surface area contributed by atoms with Crippen molar-refractivity contribution in [2.75, 3.05) is 25.7 Å². The minimum atomic E-state index is -2.59. The Hall–Kier alpha value is -2.71. The maximum absolute atomic E-state index is 14.7. The van der Waals surface area contributed by atoms with Gasteiger partial charge >= 0.3 is 0 Å². The zero-order chi connectivity index (χ0) is 27.9. The van der Waals surface area contributed by atoms with Gasteiger partial charge in [0.15, 0.2) is 12.0 Å². The molecule has 210 valence electrons. The molecule has 14 heteroatoms. The summed E-state index contributed by atoms with van der Waals surface area (Å²) in [6, 6.07) is 3.76. The normalized spacial score (nSPS) is 23.8. The van der Waals surface area contributed by atoms with E-state index in [9.17, 15) is 22.9 Å². The summed E-state index contributed by atoms with van der Waals surface area (Å²) in [7, 11) is -2.59. The lowest BCUT2D eigenvalue weighted by Crippen LogP contribution is -2.34. The second-order valence-corrected chi connectivity index (χ2v) is 12.7. The minimum absolute atomic E-state index is 0.0174. The number of aliphatic hydroxyl groups excluding tert-OH is 1. The van der Waals surface area contributed by atoms with E-state index in [2.05, 4.69) is 14.3 Å². The van der Waals surface area contributed by atoms with Gasteiger partial charge in [-0.1, -0.05) is 11.6 Å². The van der Waals surface area contributed by atoms with E-state index in [-0.39, 0.29) is 60.6 Å². The standard InChI is InChI=1S/C25H26ClF2N3O7S/c1-39(2,34)31-21(33)4-3-12-5-15(27)13(16(28)6-12)9-37-25-14(26)7-17-18(30-25)8-22(29-17)38-20-11-36-23-19(32)10-35-24(20)23/h5-7,19-20,23-24,32H,3-4,8-11H2,1-2H3/t19-,20-,23-,24-/m1/s1. The molecule has 2 aromatic rings. The molecule has 4 atom stereocenters.